The van der Waals surface area contributed by atoms with E-state index in [9.17, 15) is 4.79 Å². The van der Waals surface area contributed by atoms with E-state index in [1.54, 1.807) is 0 Å². The Morgan fingerprint density at radius 1 is 1.37 bits per heavy atom. The Kier molecular flexibility index (Phi) is 3.77. The summed E-state index contributed by atoms with van der Waals surface area (Å²) in [6, 6.07) is 0. The predicted octanol–water partition coefficient (Wildman–Crippen LogP) is 0.898. The molecule has 2 fully saturated rings. The third-order valence-corrected chi connectivity index (χ3v) is 3.81. The van der Waals surface area contributed by atoms with Crippen molar-refractivity contribution >= 4 is 5.91 Å². The van der Waals surface area contributed by atoms with Crippen molar-refractivity contribution in [3.05, 3.63) is 11.6 Å². The summed E-state index contributed by atoms with van der Waals surface area (Å²) in [5.41, 5.74) is 0. The summed E-state index contributed by atoms with van der Waals surface area (Å²) in [7, 11) is 0. The molecule has 19 heavy (non-hydrogen) atoms. The van der Waals surface area contributed by atoms with Gasteiger partial charge in [-0.2, -0.15) is 0 Å². The van der Waals surface area contributed by atoms with Crippen LogP contribution in [0, 0.1) is 0 Å². The molecule has 2 N–H and O–H groups in total. The first kappa shape index (κ1) is 12.6. The minimum absolute atomic E-state index is 0.162. The Hall–Kier alpha value is -1.43. The third kappa shape index (κ3) is 3.32. The van der Waals surface area contributed by atoms with Crippen LogP contribution in [0.2, 0.25) is 0 Å². The number of amides is 1. The maximum atomic E-state index is 11.8. The Balaban J connectivity index is 1.37. The molecule has 104 valence electrons. The number of H-pyrrole nitrogens is 1. The lowest BCUT2D eigenvalue weighted by Gasteiger charge is -2.13. The summed E-state index contributed by atoms with van der Waals surface area (Å²) in [5, 5.41) is 9.71. The zero-order valence-corrected chi connectivity index (χ0v) is 11.2. The zero-order chi connectivity index (χ0) is 13.1. The van der Waals surface area contributed by atoms with Crippen molar-refractivity contribution in [1.29, 1.82) is 0 Å². The van der Waals surface area contributed by atoms with Crippen molar-refractivity contribution in [1.82, 2.24) is 25.4 Å². The number of carbonyl (C=O) groups excluding carboxylic acids is 1. The SMILES string of the molecule is O=C(NCCCN1CCCC1)c1n[nH]c(C2CC2)n1. The van der Waals surface area contributed by atoms with Crippen LogP contribution >= 0.6 is 0 Å². The first-order chi connectivity index (χ1) is 9.33. The van der Waals surface area contributed by atoms with Crippen LogP contribution in [0.3, 0.4) is 0 Å². The highest BCUT2D eigenvalue weighted by molar-refractivity contribution is 5.90. The highest BCUT2D eigenvalue weighted by Crippen LogP contribution is 2.37. The monoisotopic (exact) mass is 263 g/mol. The van der Waals surface area contributed by atoms with Gasteiger partial charge < -0.3 is 10.2 Å². The summed E-state index contributed by atoms with van der Waals surface area (Å²) in [4.78, 5) is 18.5. The van der Waals surface area contributed by atoms with Crippen LogP contribution in [0.15, 0.2) is 0 Å². The Bertz CT molecular complexity index is 434. The number of likely N-dealkylation sites (tertiary alicyclic amines) is 1. The molecule has 2 aliphatic rings. The first-order valence-corrected chi connectivity index (χ1v) is 7.26. The molecule has 6 heteroatoms. The molecule has 1 aliphatic heterocycles. The summed E-state index contributed by atoms with van der Waals surface area (Å²) >= 11 is 0. The van der Waals surface area contributed by atoms with Crippen LogP contribution < -0.4 is 5.32 Å². The summed E-state index contributed by atoms with van der Waals surface area (Å²) < 4.78 is 0. The van der Waals surface area contributed by atoms with Crippen LogP contribution in [-0.4, -0.2) is 52.2 Å². The lowest BCUT2D eigenvalue weighted by atomic mass is 10.4. The fourth-order valence-electron chi connectivity index (χ4n) is 2.51. The van der Waals surface area contributed by atoms with Crippen molar-refractivity contribution in [3.8, 4) is 0 Å². The quantitative estimate of drug-likeness (QED) is 0.748. The molecule has 1 aliphatic carbocycles. The second-order valence-electron chi connectivity index (χ2n) is 5.48. The maximum absolute atomic E-state index is 11.8. The summed E-state index contributed by atoms with van der Waals surface area (Å²) in [6.07, 6.45) is 5.94. The lowest BCUT2D eigenvalue weighted by molar-refractivity contribution is 0.0942. The van der Waals surface area contributed by atoms with Gasteiger partial charge in [-0.3, -0.25) is 9.89 Å². The molecule has 1 saturated heterocycles. The average Bonchev–Trinajstić information content (AvgIpc) is 2.95. The largest absolute Gasteiger partial charge is 0.349 e. The molecule has 0 atom stereocenters. The Morgan fingerprint density at radius 3 is 2.89 bits per heavy atom. The van der Waals surface area contributed by atoms with Crippen molar-refractivity contribution in [2.75, 3.05) is 26.2 Å². The highest BCUT2D eigenvalue weighted by Gasteiger charge is 2.28. The normalized spacial score (nSPS) is 19.8. The molecule has 2 heterocycles. The topological polar surface area (TPSA) is 73.9 Å². The number of rotatable bonds is 6. The van der Waals surface area contributed by atoms with E-state index >= 15 is 0 Å². The molecule has 3 rings (SSSR count). The molecule has 0 radical (unpaired) electrons. The maximum Gasteiger partial charge on any atom is 0.290 e. The van der Waals surface area contributed by atoms with Crippen LogP contribution in [0.5, 0.6) is 0 Å². The van der Waals surface area contributed by atoms with Crippen LogP contribution in [0.4, 0.5) is 0 Å². The van der Waals surface area contributed by atoms with Crippen LogP contribution in [-0.2, 0) is 0 Å². The van der Waals surface area contributed by atoms with E-state index in [4.69, 9.17) is 0 Å². The van der Waals surface area contributed by atoms with E-state index in [0.29, 0.717) is 12.5 Å². The van der Waals surface area contributed by atoms with Gasteiger partial charge in [0, 0.05) is 12.5 Å². The molecule has 1 aromatic rings. The predicted molar refractivity (Wildman–Crippen MR) is 71.0 cm³/mol. The molecular weight excluding hydrogens is 242 g/mol. The Labute approximate surface area is 113 Å². The van der Waals surface area contributed by atoms with Crippen LogP contribution in [0.25, 0.3) is 0 Å². The number of nitrogens with one attached hydrogen (secondary N) is 2. The van der Waals surface area contributed by atoms with Gasteiger partial charge in [-0.15, -0.1) is 5.10 Å². The van der Waals surface area contributed by atoms with Gasteiger partial charge in [0.2, 0.25) is 5.82 Å². The number of hydrogen-bond acceptors (Lipinski definition) is 4. The minimum Gasteiger partial charge on any atom is -0.349 e. The molecule has 1 aromatic heterocycles. The number of carbonyl (C=O) groups is 1. The molecular formula is C13H21N5O. The average molecular weight is 263 g/mol. The molecule has 0 spiro atoms. The van der Waals surface area contributed by atoms with Crippen molar-refractivity contribution in [3.63, 3.8) is 0 Å². The van der Waals surface area contributed by atoms with Gasteiger partial charge in [-0.05, 0) is 51.7 Å². The third-order valence-electron chi connectivity index (χ3n) is 3.81. The van der Waals surface area contributed by atoms with Gasteiger partial charge in [0.25, 0.3) is 5.91 Å². The molecule has 0 aromatic carbocycles. The zero-order valence-electron chi connectivity index (χ0n) is 11.2. The van der Waals surface area contributed by atoms with Gasteiger partial charge in [0.05, 0.1) is 0 Å². The molecule has 6 nitrogen and oxygen atoms in total. The number of aromatic amines is 1. The molecule has 1 amide bonds. The Morgan fingerprint density at radius 2 is 2.16 bits per heavy atom. The second-order valence-corrected chi connectivity index (χ2v) is 5.48. The smallest absolute Gasteiger partial charge is 0.290 e. The fourth-order valence-corrected chi connectivity index (χ4v) is 2.51. The molecule has 0 bridgehead atoms. The van der Waals surface area contributed by atoms with Gasteiger partial charge in [0.15, 0.2) is 0 Å². The number of hydrogen-bond donors (Lipinski definition) is 2. The van der Waals surface area contributed by atoms with E-state index in [1.165, 1.54) is 25.9 Å². The van der Waals surface area contributed by atoms with E-state index in [-0.39, 0.29) is 11.7 Å². The fraction of sp³-hybridized carbons (Fsp3) is 0.769. The summed E-state index contributed by atoms with van der Waals surface area (Å²) in [5.74, 6) is 1.49. The van der Waals surface area contributed by atoms with Crippen LogP contribution in [0.1, 0.15) is 54.5 Å². The number of nitrogens with zero attached hydrogens (tertiary/aromatic N) is 3. The standard InChI is InChI=1S/C13H21N5O/c19-13(12-15-11(16-17-12)10-4-5-10)14-6-3-9-18-7-1-2-8-18/h10H,1-9H2,(H,14,19)(H,15,16,17). The van der Waals surface area contributed by atoms with E-state index < -0.39 is 0 Å². The van der Waals surface area contributed by atoms with Crippen molar-refractivity contribution in [2.45, 2.75) is 38.0 Å². The first-order valence-electron chi connectivity index (χ1n) is 7.26. The van der Waals surface area contributed by atoms with Crippen molar-refractivity contribution < 1.29 is 4.79 Å². The second kappa shape index (κ2) is 5.69. The molecule has 0 unspecified atom stereocenters. The van der Waals surface area contributed by atoms with Gasteiger partial charge in [0.1, 0.15) is 5.82 Å². The lowest BCUT2D eigenvalue weighted by Crippen LogP contribution is -2.29. The van der Waals surface area contributed by atoms with E-state index in [0.717, 1.165) is 31.6 Å². The van der Waals surface area contributed by atoms with Crippen molar-refractivity contribution in [2.24, 2.45) is 0 Å². The van der Waals surface area contributed by atoms with Gasteiger partial charge >= 0.3 is 0 Å². The highest BCUT2D eigenvalue weighted by atomic mass is 16.2. The molecule has 1 saturated carbocycles. The summed E-state index contributed by atoms with van der Waals surface area (Å²) in [6.45, 7) is 4.18. The van der Waals surface area contributed by atoms with Gasteiger partial charge in [-0.1, -0.05) is 0 Å². The minimum atomic E-state index is -0.162. The van der Waals surface area contributed by atoms with E-state index in [2.05, 4.69) is 25.4 Å². The van der Waals surface area contributed by atoms with Gasteiger partial charge in [-0.25, -0.2) is 4.98 Å². The number of aromatic nitrogens is 3. The van der Waals surface area contributed by atoms with E-state index in [1.807, 2.05) is 0 Å².